The number of pyridine rings is 2. The molecule has 13 nitrogen and oxygen atoms in total. The van der Waals surface area contributed by atoms with Crippen molar-refractivity contribution in [1.82, 2.24) is 15.3 Å². The van der Waals surface area contributed by atoms with Gasteiger partial charge in [-0.15, -0.1) is 0 Å². The van der Waals surface area contributed by atoms with Crippen molar-refractivity contribution >= 4 is 54.8 Å². The Hall–Kier alpha value is -4.38. The summed E-state index contributed by atoms with van der Waals surface area (Å²) in [5.74, 6) is -3.07. The molecule has 4 heterocycles. The molecule has 52 heavy (non-hydrogen) atoms. The van der Waals surface area contributed by atoms with E-state index in [4.69, 9.17) is 18.3 Å². The first-order valence-corrected chi connectivity index (χ1v) is 19.8. The first-order valence-electron chi connectivity index (χ1n) is 16.9. The van der Waals surface area contributed by atoms with E-state index >= 15 is 13.2 Å². The van der Waals surface area contributed by atoms with Gasteiger partial charge in [0.05, 0.1) is 35.6 Å². The lowest BCUT2D eigenvalue weighted by molar-refractivity contribution is -0.201. The normalized spacial score (nSPS) is 18.9. The predicted molar refractivity (Wildman–Crippen MR) is 193 cm³/mol. The Morgan fingerprint density at radius 1 is 0.904 bits per heavy atom. The molecule has 0 radical (unpaired) electrons. The molecule has 3 atom stereocenters. The van der Waals surface area contributed by atoms with Crippen molar-refractivity contribution in [2.24, 2.45) is 5.92 Å². The minimum absolute atomic E-state index is 0.0571. The fourth-order valence-corrected chi connectivity index (χ4v) is 6.72. The number of halogens is 3. The highest BCUT2D eigenvalue weighted by atomic mass is 28.4. The number of hydrogen-bond donors (Lipinski definition) is 3. The summed E-state index contributed by atoms with van der Waals surface area (Å²) in [6.07, 6.45) is -3.84. The number of fused-ring (bicyclic) bond motifs is 1. The minimum Gasteiger partial charge on any atom is -0.444 e. The predicted octanol–water partition coefficient (Wildman–Crippen LogP) is 8.10. The highest BCUT2D eigenvalue weighted by Gasteiger charge is 2.55. The summed E-state index contributed by atoms with van der Waals surface area (Å²) in [5.41, 5.74) is -1.34. The Balaban J connectivity index is 1.73. The van der Waals surface area contributed by atoms with Gasteiger partial charge in [-0.05, 0) is 77.9 Å². The number of ether oxygens (including phenoxy) is 2. The second-order valence-electron chi connectivity index (χ2n) is 16.3. The van der Waals surface area contributed by atoms with E-state index in [-0.39, 0.29) is 40.5 Å². The Bertz CT molecular complexity index is 1780. The van der Waals surface area contributed by atoms with Crippen molar-refractivity contribution in [3.05, 3.63) is 42.4 Å². The van der Waals surface area contributed by atoms with Gasteiger partial charge in [-0.25, -0.2) is 9.59 Å². The van der Waals surface area contributed by atoms with Gasteiger partial charge in [-0.3, -0.25) is 20.1 Å². The van der Waals surface area contributed by atoms with Crippen molar-refractivity contribution in [3.63, 3.8) is 0 Å². The number of rotatable bonds is 7. The number of alkyl halides is 3. The van der Waals surface area contributed by atoms with Crippen LogP contribution in [0, 0.1) is 5.92 Å². The number of piperidine rings is 1. The van der Waals surface area contributed by atoms with Gasteiger partial charge in [-0.1, -0.05) is 20.8 Å². The molecular formula is C35H49F3N6O7Si. The standard InChI is InChI=1S/C35H49F3N6O7Si/c1-32(2,3)49-30(46)42-22-19-44(18-20(35(36,37)38)27(22)51-52(10,11)34(7,8)9)23-14-16-39-17-21(23)41-28(45)25-26-24(13-12-15-40-26)48-29(25)43-31(47)50-33(4,5)6/h12-17,20,22,27H,18-19H2,1-11H3,(H,41,45)(H,42,46)(H,43,47)/t20-,22+,27+/m0/s1. The average molecular weight is 751 g/mol. The zero-order valence-electron chi connectivity index (χ0n) is 31.4. The third-order valence-corrected chi connectivity index (χ3v) is 13.1. The molecule has 3 N–H and O–H groups in total. The number of furan rings is 1. The van der Waals surface area contributed by atoms with Crippen LogP contribution in [0.3, 0.4) is 0 Å². The molecule has 0 bridgehead atoms. The smallest absolute Gasteiger partial charge is 0.414 e. The van der Waals surface area contributed by atoms with E-state index in [0.717, 1.165) is 0 Å². The fraction of sp³-hybridized carbons (Fsp3) is 0.571. The molecule has 0 aromatic carbocycles. The summed E-state index contributed by atoms with van der Waals surface area (Å²) in [6, 6.07) is 3.43. The molecular weight excluding hydrogens is 702 g/mol. The summed E-state index contributed by atoms with van der Waals surface area (Å²) < 4.78 is 68.1. The molecule has 0 spiro atoms. The lowest BCUT2D eigenvalue weighted by atomic mass is 9.89. The summed E-state index contributed by atoms with van der Waals surface area (Å²) in [5, 5.41) is 7.41. The molecule has 0 saturated carbocycles. The van der Waals surface area contributed by atoms with Crippen LogP contribution >= 0.6 is 0 Å². The van der Waals surface area contributed by atoms with Crippen LogP contribution in [0.5, 0.6) is 0 Å². The Labute approximate surface area is 302 Å². The van der Waals surface area contributed by atoms with Crippen LogP contribution in [0.1, 0.15) is 72.7 Å². The van der Waals surface area contributed by atoms with Gasteiger partial charge in [0.1, 0.15) is 22.3 Å². The number of carbonyl (C=O) groups excluding carboxylic acids is 3. The summed E-state index contributed by atoms with van der Waals surface area (Å²) in [4.78, 5) is 49.5. The number of amides is 3. The molecule has 3 aromatic rings. The number of nitrogens with one attached hydrogen (secondary N) is 3. The second kappa shape index (κ2) is 14.6. The van der Waals surface area contributed by atoms with Gasteiger partial charge in [0.25, 0.3) is 5.91 Å². The van der Waals surface area contributed by atoms with Crippen LogP contribution in [0.2, 0.25) is 18.1 Å². The van der Waals surface area contributed by atoms with Gasteiger partial charge in [0.2, 0.25) is 5.88 Å². The molecule has 3 amide bonds. The van der Waals surface area contributed by atoms with E-state index in [2.05, 4.69) is 25.9 Å². The van der Waals surface area contributed by atoms with E-state index in [9.17, 15) is 14.4 Å². The number of alkyl carbamates (subject to hydrolysis) is 1. The SMILES string of the molecule is CC(C)(C)OC(=O)Nc1oc2cccnc2c1C(=O)Nc1cnccc1N1C[C@@H](NC(=O)OC(C)(C)C)[C@H](O[Si](C)(C)C(C)(C)C)[C@@H](C(F)(F)F)C1. The molecule has 1 fully saturated rings. The number of anilines is 3. The maximum Gasteiger partial charge on any atom is 0.414 e. The van der Waals surface area contributed by atoms with Crippen molar-refractivity contribution < 1.29 is 45.9 Å². The monoisotopic (exact) mass is 750 g/mol. The molecule has 1 aliphatic heterocycles. The van der Waals surface area contributed by atoms with Crippen LogP contribution in [0.15, 0.2) is 41.2 Å². The highest BCUT2D eigenvalue weighted by Crippen LogP contribution is 2.44. The third kappa shape index (κ3) is 9.93. The average Bonchev–Trinajstić information content (AvgIpc) is 3.32. The van der Waals surface area contributed by atoms with E-state index < -0.39 is 73.4 Å². The Morgan fingerprint density at radius 2 is 1.54 bits per heavy atom. The molecule has 17 heteroatoms. The third-order valence-electron chi connectivity index (χ3n) is 8.66. The number of aromatic nitrogens is 2. The van der Waals surface area contributed by atoms with Gasteiger partial charge in [0.15, 0.2) is 13.9 Å². The van der Waals surface area contributed by atoms with E-state index in [1.807, 2.05) is 33.9 Å². The van der Waals surface area contributed by atoms with Gasteiger partial charge in [0, 0.05) is 25.5 Å². The van der Waals surface area contributed by atoms with Crippen LogP contribution in [0.25, 0.3) is 11.1 Å². The van der Waals surface area contributed by atoms with Crippen LogP contribution in [-0.4, -0.2) is 79.0 Å². The van der Waals surface area contributed by atoms with E-state index in [1.54, 1.807) is 53.7 Å². The maximum atomic E-state index is 15.1. The summed E-state index contributed by atoms with van der Waals surface area (Å²) >= 11 is 0. The fourth-order valence-electron chi connectivity index (χ4n) is 5.36. The van der Waals surface area contributed by atoms with Crippen molar-refractivity contribution in [2.45, 2.75) is 110 Å². The zero-order valence-corrected chi connectivity index (χ0v) is 32.4. The quantitative estimate of drug-likeness (QED) is 0.202. The van der Waals surface area contributed by atoms with Gasteiger partial charge < -0.3 is 33.9 Å². The van der Waals surface area contributed by atoms with Crippen molar-refractivity contribution in [1.29, 1.82) is 0 Å². The molecule has 286 valence electrons. The van der Waals surface area contributed by atoms with Gasteiger partial charge >= 0.3 is 18.4 Å². The van der Waals surface area contributed by atoms with E-state index in [1.165, 1.54) is 29.6 Å². The lowest BCUT2D eigenvalue weighted by Crippen LogP contribution is -2.65. The van der Waals surface area contributed by atoms with Crippen LogP contribution < -0.4 is 20.9 Å². The molecule has 0 unspecified atom stereocenters. The largest absolute Gasteiger partial charge is 0.444 e. The van der Waals surface area contributed by atoms with Crippen LogP contribution in [-0.2, 0) is 13.9 Å². The molecule has 1 saturated heterocycles. The maximum absolute atomic E-state index is 15.1. The first kappa shape index (κ1) is 40.4. The lowest BCUT2D eigenvalue weighted by Gasteiger charge is -2.49. The Morgan fingerprint density at radius 3 is 2.13 bits per heavy atom. The van der Waals surface area contributed by atoms with Crippen molar-refractivity contribution in [2.75, 3.05) is 28.6 Å². The molecule has 0 aliphatic carbocycles. The zero-order chi connectivity index (χ0) is 39.0. The minimum atomic E-state index is -4.74. The van der Waals surface area contributed by atoms with E-state index in [0.29, 0.717) is 0 Å². The summed E-state index contributed by atoms with van der Waals surface area (Å²) in [6.45, 7) is 18.8. The molecule has 1 aliphatic rings. The highest BCUT2D eigenvalue weighted by molar-refractivity contribution is 6.74. The first-order chi connectivity index (χ1) is 23.8. The topological polar surface area (TPSA) is 157 Å². The number of hydrogen-bond acceptors (Lipinski definition) is 10. The van der Waals surface area contributed by atoms with Crippen LogP contribution in [0.4, 0.5) is 40.0 Å². The molecule has 3 aromatic heterocycles. The second-order valence-corrected chi connectivity index (χ2v) is 21.0. The van der Waals surface area contributed by atoms with Crippen molar-refractivity contribution in [3.8, 4) is 0 Å². The molecule has 4 rings (SSSR count). The Kier molecular flexibility index (Phi) is 11.3. The number of nitrogens with zero attached hydrogens (tertiary/aromatic N) is 3. The summed E-state index contributed by atoms with van der Waals surface area (Å²) in [7, 11) is -2.80. The number of carbonyl (C=O) groups is 3. The van der Waals surface area contributed by atoms with Gasteiger partial charge in [-0.2, -0.15) is 13.2 Å².